The van der Waals surface area contributed by atoms with E-state index in [1.807, 2.05) is 35.8 Å². The number of rotatable bonds is 8. The predicted molar refractivity (Wildman–Crippen MR) is 284 cm³/mol. The van der Waals surface area contributed by atoms with Gasteiger partial charge in [0, 0.05) is 67.4 Å². The second-order valence-electron chi connectivity index (χ2n) is 23.1. The van der Waals surface area contributed by atoms with Gasteiger partial charge in [-0.3, -0.25) is 19.2 Å². The summed E-state index contributed by atoms with van der Waals surface area (Å²) in [5.41, 5.74) is 4.61. The van der Waals surface area contributed by atoms with Gasteiger partial charge in [0.2, 0.25) is 5.91 Å². The van der Waals surface area contributed by atoms with Crippen LogP contribution in [0.15, 0.2) is 73.1 Å². The van der Waals surface area contributed by atoms with Gasteiger partial charge in [-0.2, -0.15) is 10.2 Å². The number of aliphatic hydroxyl groups is 2. The molecule has 6 aromatic rings. The molecule has 4 aliphatic rings. The maximum atomic E-state index is 13.7. The van der Waals surface area contributed by atoms with Crippen molar-refractivity contribution in [1.82, 2.24) is 55.4 Å². The molecule has 7 N–H and O–H groups in total. The maximum Gasteiger partial charge on any atom is 0.306 e. The molecule has 2 aromatic carbocycles. The highest BCUT2D eigenvalue weighted by Gasteiger charge is 2.47. The fourth-order valence-corrected chi connectivity index (χ4v) is 10.5. The smallest absolute Gasteiger partial charge is 0.306 e. The van der Waals surface area contributed by atoms with Crippen LogP contribution in [-0.4, -0.2) is 144 Å². The van der Waals surface area contributed by atoms with Crippen molar-refractivity contribution in [1.29, 1.82) is 0 Å². The number of nitrogens with zero attached hydrogens (tertiary/aromatic N) is 9. The first kappa shape index (κ1) is 57.0. The van der Waals surface area contributed by atoms with E-state index in [-0.39, 0.29) is 64.7 Å². The van der Waals surface area contributed by atoms with Gasteiger partial charge >= 0.3 is 5.97 Å². The van der Waals surface area contributed by atoms with Crippen LogP contribution in [-0.2, 0) is 9.59 Å². The highest BCUT2D eigenvalue weighted by molar-refractivity contribution is 5.94. The maximum absolute atomic E-state index is 13.7. The van der Waals surface area contributed by atoms with Gasteiger partial charge in [-0.15, -0.1) is 0 Å². The number of piperazine rings is 2. The van der Waals surface area contributed by atoms with E-state index >= 15 is 0 Å². The summed E-state index contributed by atoms with van der Waals surface area (Å²) in [6.45, 7) is 23.2. The number of hydrogen-bond acceptors (Lipinski definition) is 12. The number of amides is 3. The third kappa shape index (κ3) is 12.3. The summed E-state index contributed by atoms with van der Waals surface area (Å²) >= 11 is 0. The molecule has 0 unspecified atom stereocenters. The van der Waals surface area contributed by atoms with Crippen LogP contribution in [0, 0.1) is 23.5 Å². The number of aromatic nitrogens is 6. The molecule has 2 saturated heterocycles. The Labute approximate surface area is 442 Å². The van der Waals surface area contributed by atoms with Crippen LogP contribution in [0.5, 0.6) is 0 Å². The first-order chi connectivity index (χ1) is 35.1. The van der Waals surface area contributed by atoms with Crippen LogP contribution in [0.25, 0.3) is 33.8 Å². The van der Waals surface area contributed by atoms with E-state index in [2.05, 4.69) is 67.0 Å². The van der Waals surface area contributed by atoms with Crippen molar-refractivity contribution in [3.8, 4) is 22.5 Å². The van der Waals surface area contributed by atoms with E-state index in [4.69, 9.17) is 10.2 Å². The zero-order valence-electron chi connectivity index (χ0n) is 45.3. The van der Waals surface area contributed by atoms with E-state index in [1.54, 1.807) is 64.4 Å². The lowest BCUT2D eigenvalue weighted by atomic mass is 9.71. The van der Waals surface area contributed by atoms with Crippen LogP contribution in [0.2, 0.25) is 0 Å². The van der Waals surface area contributed by atoms with E-state index in [9.17, 15) is 33.1 Å². The number of imidazole rings is 2. The molecule has 76 heavy (non-hydrogen) atoms. The summed E-state index contributed by atoms with van der Waals surface area (Å²) in [5, 5.41) is 40.1. The number of aliphatic carboxylic acids is 1. The molecule has 3 amide bonds. The fourth-order valence-electron chi connectivity index (χ4n) is 10.5. The quantitative estimate of drug-likeness (QED) is 0.0980. The van der Waals surface area contributed by atoms with Gasteiger partial charge < -0.3 is 41.5 Å². The largest absolute Gasteiger partial charge is 0.481 e. The van der Waals surface area contributed by atoms with Crippen molar-refractivity contribution in [3.63, 3.8) is 0 Å². The van der Waals surface area contributed by atoms with E-state index in [1.165, 1.54) is 24.3 Å². The molecule has 4 fully saturated rings. The highest BCUT2D eigenvalue weighted by atomic mass is 19.1. The standard InChI is InChI=1S/C28H34FN5O3.C22H26FN5O.C6H10O3.H3N/c1-17(2)21-12-22(18-6-8-20(29)9-7-18)31-34-15-23(30-24(21)34)26(36)33-11-10-32(16-27(33,3)4)25(35)19-13-28(5,37)14-19;1-14(2)17-11-18(15-5-7-16(23)8-6-15)26-28-12-19(25-20(17)28)21(29)27-10-9-24-13-22(27,3)4;1-6(9)2-4(3-6)5(7)8;/h6-9,12,15,17,19,37H,10-11,13-14,16H2,1-5H3;5-8,11-12,14,24H,9-10,13H2,1-4H3;4,9H,2-3H2,1H3,(H,7,8);1H3. The number of halogens is 2. The SMILES string of the molecule is CC(C)c1cc(-c2ccc(F)cc2)nn2cc(C(=O)N3CCN(C(=O)C4CC(C)(O)C4)CC3(C)C)nc12.CC(C)c1cc(-c2ccc(F)cc2)nn2cc(C(=O)N3CCNCC3(C)C)nc12.CC1(O)CC(C(=O)O)C1.N. The summed E-state index contributed by atoms with van der Waals surface area (Å²) in [4.78, 5) is 64.8. The molecule has 20 heteroatoms. The average molecular weight is 1050 g/mol. The average Bonchev–Trinajstić information content (AvgIpc) is 3.97. The number of fused-ring (bicyclic) bond motifs is 2. The molecule has 10 rings (SSSR count). The lowest BCUT2D eigenvalue weighted by Crippen LogP contribution is -2.63. The van der Waals surface area contributed by atoms with Crippen LogP contribution in [0.4, 0.5) is 8.78 Å². The molecule has 2 aliphatic heterocycles. The monoisotopic (exact) mass is 1050 g/mol. The second-order valence-corrected chi connectivity index (χ2v) is 23.1. The van der Waals surface area contributed by atoms with Crippen LogP contribution in [0.1, 0.15) is 139 Å². The molecule has 6 heterocycles. The Balaban J connectivity index is 0.000000191. The normalized spacial score (nSPS) is 22.7. The minimum atomic E-state index is -0.790. The Kier molecular flexibility index (Phi) is 16.3. The van der Waals surface area contributed by atoms with Crippen molar-refractivity contribution in [2.75, 3.05) is 39.3 Å². The van der Waals surface area contributed by atoms with Gasteiger partial charge in [-0.1, -0.05) is 27.7 Å². The Morgan fingerprint density at radius 3 is 1.42 bits per heavy atom. The van der Waals surface area contributed by atoms with Crippen molar-refractivity contribution in [3.05, 3.63) is 107 Å². The zero-order valence-corrected chi connectivity index (χ0v) is 45.3. The van der Waals surface area contributed by atoms with Crippen molar-refractivity contribution >= 4 is 35.0 Å². The van der Waals surface area contributed by atoms with E-state index in [0.29, 0.717) is 80.2 Å². The predicted octanol–water partition coefficient (Wildman–Crippen LogP) is 7.76. The van der Waals surface area contributed by atoms with Crippen molar-refractivity contribution in [2.24, 2.45) is 11.8 Å². The molecule has 18 nitrogen and oxygen atoms in total. The molecule has 408 valence electrons. The van der Waals surface area contributed by atoms with Gasteiger partial charge in [-0.25, -0.2) is 27.8 Å². The van der Waals surface area contributed by atoms with E-state index in [0.717, 1.165) is 41.0 Å². The van der Waals surface area contributed by atoms with Gasteiger partial charge in [0.05, 0.1) is 52.0 Å². The molecule has 0 spiro atoms. The highest BCUT2D eigenvalue weighted by Crippen LogP contribution is 2.40. The number of carboxylic acid groups (broad SMARTS) is 1. The van der Waals surface area contributed by atoms with Crippen LogP contribution < -0.4 is 11.5 Å². The number of benzene rings is 2. The minimum absolute atomic E-state index is 0. The van der Waals surface area contributed by atoms with Crippen LogP contribution in [0.3, 0.4) is 0 Å². The van der Waals surface area contributed by atoms with E-state index < -0.39 is 22.7 Å². The minimum Gasteiger partial charge on any atom is -0.481 e. The van der Waals surface area contributed by atoms with Gasteiger partial charge in [0.25, 0.3) is 11.8 Å². The lowest BCUT2D eigenvalue weighted by Gasteiger charge is -2.49. The summed E-state index contributed by atoms with van der Waals surface area (Å²) in [7, 11) is 0. The number of hydrogen-bond donors (Lipinski definition) is 5. The molecule has 0 radical (unpaired) electrons. The number of nitrogens with one attached hydrogen (secondary N) is 1. The third-order valence-electron chi connectivity index (χ3n) is 14.8. The lowest BCUT2D eigenvalue weighted by molar-refractivity contribution is -0.156. The molecule has 2 aliphatic carbocycles. The number of carboxylic acids is 1. The van der Waals surface area contributed by atoms with Crippen molar-refractivity contribution < 1.29 is 43.3 Å². The Bertz CT molecular complexity index is 3100. The molecule has 0 atom stereocenters. The van der Waals surface area contributed by atoms with Crippen molar-refractivity contribution in [2.45, 2.75) is 129 Å². The molecule has 4 aromatic heterocycles. The van der Waals surface area contributed by atoms with Gasteiger partial charge in [-0.05, 0) is 140 Å². The van der Waals surface area contributed by atoms with Crippen LogP contribution >= 0.6 is 0 Å². The fraction of sp³-hybridized carbons (Fsp3) is 0.500. The Morgan fingerprint density at radius 2 is 1.05 bits per heavy atom. The summed E-state index contributed by atoms with van der Waals surface area (Å²) in [6.07, 6.45) is 5.13. The molecular formula is C56H73F2N11O7. The molecule has 0 bridgehead atoms. The Hall–Kier alpha value is -6.74. The molecular weight excluding hydrogens is 977 g/mol. The Morgan fingerprint density at radius 1 is 0.632 bits per heavy atom. The number of carbonyl (C=O) groups excluding carboxylic acids is 3. The third-order valence-corrected chi connectivity index (χ3v) is 14.8. The summed E-state index contributed by atoms with van der Waals surface area (Å²) in [5.74, 6) is -1.75. The van der Waals surface area contributed by atoms with Gasteiger partial charge in [0.15, 0.2) is 11.3 Å². The zero-order chi connectivity index (χ0) is 54.5. The topological polar surface area (TPSA) is 246 Å². The first-order valence-corrected chi connectivity index (χ1v) is 25.8. The second kappa shape index (κ2) is 21.7. The summed E-state index contributed by atoms with van der Waals surface area (Å²) < 4.78 is 30.1. The molecule has 2 saturated carbocycles. The summed E-state index contributed by atoms with van der Waals surface area (Å²) in [6, 6.07) is 16.4. The number of carbonyl (C=O) groups is 4. The first-order valence-electron chi connectivity index (χ1n) is 25.8. The van der Waals surface area contributed by atoms with Gasteiger partial charge in [0.1, 0.15) is 23.0 Å².